The second-order valence-electron chi connectivity index (χ2n) is 8.84. The van der Waals surface area contributed by atoms with E-state index in [0.717, 1.165) is 59.0 Å². The first-order valence-electron chi connectivity index (χ1n) is 11.3. The lowest BCUT2D eigenvalue weighted by atomic mass is 10.1. The maximum atomic E-state index is 13.4. The summed E-state index contributed by atoms with van der Waals surface area (Å²) in [6.45, 7) is 9.25. The Balaban J connectivity index is 0.00000274. The number of nitrogens with zero attached hydrogens (tertiary/aromatic N) is 4. The van der Waals surface area contributed by atoms with Crippen molar-refractivity contribution < 1.29 is 4.39 Å². The molecule has 0 radical (unpaired) electrons. The summed E-state index contributed by atoms with van der Waals surface area (Å²) in [5.74, 6) is 1.24. The van der Waals surface area contributed by atoms with E-state index in [1.165, 1.54) is 12.1 Å². The van der Waals surface area contributed by atoms with Crippen LogP contribution < -0.4 is 15.5 Å². The quantitative estimate of drug-likeness (QED) is 0.361. The summed E-state index contributed by atoms with van der Waals surface area (Å²) in [5.41, 5.74) is 4.69. The van der Waals surface area contributed by atoms with Crippen LogP contribution in [-0.4, -0.2) is 45.6 Å². The minimum absolute atomic E-state index is 0. The lowest BCUT2D eigenvalue weighted by molar-refractivity contribution is 0.485. The highest BCUT2D eigenvalue weighted by atomic mass is 35.5. The molecule has 178 valence electrons. The second-order valence-corrected chi connectivity index (χ2v) is 8.84. The van der Waals surface area contributed by atoms with Crippen molar-refractivity contribution in [1.29, 1.82) is 0 Å². The number of pyridine rings is 1. The minimum atomic E-state index is -0.280. The van der Waals surface area contributed by atoms with Crippen molar-refractivity contribution >= 4 is 40.6 Å². The van der Waals surface area contributed by atoms with E-state index >= 15 is 0 Å². The molecule has 1 aliphatic heterocycles. The van der Waals surface area contributed by atoms with Crippen LogP contribution in [0.25, 0.3) is 22.4 Å². The lowest BCUT2D eigenvalue weighted by Crippen LogP contribution is -2.49. The summed E-state index contributed by atoms with van der Waals surface area (Å²) in [5, 5.41) is 8.11. The Morgan fingerprint density at radius 3 is 2.68 bits per heavy atom. The molecule has 1 fully saturated rings. The molecule has 1 atom stereocenters. The van der Waals surface area contributed by atoms with Crippen molar-refractivity contribution in [1.82, 2.24) is 25.3 Å². The summed E-state index contributed by atoms with van der Waals surface area (Å²) in [7, 11) is 0. The largest absolute Gasteiger partial charge is 0.367 e. The van der Waals surface area contributed by atoms with E-state index in [4.69, 9.17) is 4.98 Å². The summed E-state index contributed by atoms with van der Waals surface area (Å²) >= 11 is 0. The Morgan fingerprint density at radius 1 is 1.15 bits per heavy atom. The fourth-order valence-corrected chi connectivity index (χ4v) is 4.32. The molecule has 7 nitrogen and oxygen atoms in total. The third-order valence-electron chi connectivity index (χ3n) is 6.06. The Kier molecular flexibility index (Phi) is 7.00. The van der Waals surface area contributed by atoms with Crippen molar-refractivity contribution in [2.75, 3.05) is 29.9 Å². The number of nitrogens with one attached hydrogen (secondary N) is 3. The molecule has 0 spiro atoms. The standard InChI is InChI=1S/C25H28FN7.ClH/c1-15(2)19-12-29-23(17-4-6-18(26)7-5-17)32-24(19)31-20-8-9-28-25-22(20)21(13-30-25)33-11-10-27-16(3)14-33;/h4-9,12-13,15-16,27H,10-11,14H2,1-3H3,(H2,28,29,30,31,32);1H/t16-;/m1./s1. The number of aromatic nitrogens is 4. The van der Waals surface area contributed by atoms with Crippen LogP contribution in [0.1, 0.15) is 32.3 Å². The zero-order chi connectivity index (χ0) is 22.9. The third-order valence-corrected chi connectivity index (χ3v) is 6.06. The third kappa shape index (κ3) is 4.69. The van der Waals surface area contributed by atoms with E-state index in [-0.39, 0.29) is 24.1 Å². The first-order chi connectivity index (χ1) is 16.0. The van der Waals surface area contributed by atoms with Crippen LogP contribution in [0.3, 0.4) is 0 Å². The highest BCUT2D eigenvalue weighted by molar-refractivity contribution is 6.01. The average Bonchev–Trinajstić information content (AvgIpc) is 3.25. The number of fused-ring (bicyclic) bond motifs is 1. The van der Waals surface area contributed by atoms with Gasteiger partial charge in [0.15, 0.2) is 5.82 Å². The number of aromatic amines is 1. The Bertz CT molecular complexity index is 1270. The van der Waals surface area contributed by atoms with E-state index in [1.54, 1.807) is 18.3 Å². The SMILES string of the molecule is CC(C)c1cnc(-c2ccc(F)cc2)nc1Nc1ccnc2[nH]cc(N3CCN[C@H](C)C3)c12.Cl. The molecule has 4 aromatic rings. The molecular formula is C25H29ClFN7. The molecule has 0 bridgehead atoms. The predicted octanol–water partition coefficient (Wildman–Crippen LogP) is 5.25. The van der Waals surface area contributed by atoms with Crippen LogP contribution in [0, 0.1) is 5.82 Å². The van der Waals surface area contributed by atoms with Gasteiger partial charge in [0.25, 0.3) is 0 Å². The van der Waals surface area contributed by atoms with E-state index in [0.29, 0.717) is 11.9 Å². The van der Waals surface area contributed by atoms with Gasteiger partial charge in [0.1, 0.15) is 17.3 Å². The Labute approximate surface area is 204 Å². The Morgan fingerprint density at radius 2 is 1.94 bits per heavy atom. The molecule has 1 aromatic carbocycles. The molecule has 3 N–H and O–H groups in total. The smallest absolute Gasteiger partial charge is 0.161 e. The lowest BCUT2D eigenvalue weighted by Gasteiger charge is -2.33. The van der Waals surface area contributed by atoms with Gasteiger partial charge in [-0.1, -0.05) is 13.8 Å². The first kappa shape index (κ1) is 23.9. The second kappa shape index (κ2) is 9.95. The number of halogens is 2. The minimum Gasteiger partial charge on any atom is -0.367 e. The molecule has 3 aromatic heterocycles. The van der Waals surface area contributed by atoms with Gasteiger partial charge in [-0.15, -0.1) is 12.4 Å². The normalized spacial score (nSPS) is 16.0. The number of H-pyrrole nitrogens is 1. The highest BCUT2D eigenvalue weighted by Crippen LogP contribution is 2.35. The molecule has 0 saturated carbocycles. The summed E-state index contributed by atoms with van der Waals surface area (Å²) < 4.78 is 13.4. The zero-order valence-electron chi connectivity index (χ0n) is 19.5. The maximum Gasteiger partial charge on any atom is 0.161 e. The number of piperazine rings is 1. The molecule has 0 amide bonds. The molecule has 1 saturated heterocycles. The fourth-order valence-electron chi connectivity index (χ4n) is 4.32. The van der Waals surface area contributed by atoms with Gasteiger partial charge >= 0.3 is 0 Å². The Hall–Kier alpha value is -3.23. The summed E-state index contributed by atoms with van der Waals surface area (Å²) in [6, 6.07) is 8.65. The average molecular weight is 482 g/mol. The first-order valence-corrected chi connectivity index (χ1v) is 11.3. The van der Waals surface area contributed by atoms with Crippen molar-refractivity contribution in [2.45, 2.75) is 32.7 Å². The fraction of sp³-hybridized carbons (Fsp3) is 0.320. The van der Waals surface area contributed by atoms with Gasteiger partial charge in [-0.3, -0.25) is 0 Å². The zero-order valence-corrected chi connectivity index (χ0v) is 20.3. The molecular weight excluding hydrogens is 453 g/mol. The van der Waals surface area contributed by atoms with Crippen LogP contribution in [0.2, 0.25) is 0 Å². The van der Waals surface area contributed by atoms with E-state index in [1.807, 2.05) is 18.5 Å². The molecule has 1 aliphatic rings. The molecule has 0 unspecified atom stereocenters. The summed E-state index contributed by atoms with van der Waals surface area (Å²) in [6.07, 6.45) is 5.68. The maximum absolute atomic E-state index is 13.4. The van der Waals surface area contributed by atoms with Gasteiger partial charge in [-0.2, -0.15) is 0 Å². The molecule has 34 heavy (non-hydrogen) atoms. The van der Waals surface area contributed by atoms with Crippen molar-refractivity contribution in [3.63, 3.8) is 0 Å². The molecule has 4 heterocycles. The summed E-state index contributed by atoms with van der Waals surface area (Å²) in [4.78, 5) is 19.6. The highest BCUT2D eigenvalue weighted by Gasteiger charge is 2.21. The monoisotopic (exact) mass is 481 g/mol. The van der Waals surface area contributed by atoms with Crippen LogP contribution in [0.15, 0.2) is 48.9 Å². The molecule has 9 heteroatoms. The van der Waals surface area contributed by atoms with Crippen molar-refractivity contribution in [3.05, 3.63) is 60.3 Å². The van der Waals surface area contributed by atoms with E-state index < -0.39 is 0 Å². The van der Waals surface area contributed by atoms with Gasteiger partial charge < -0.3 is 20.5 Å². The van der Waals surface area contributed by atoms with Crippen LogP contribution in [0.4, 0.5) is 21.6 Å². The molecule has 0 aliphatic carbocycles. The van der Waals surface area contributed by atoms with Gasteiger partial charge in [-0.25, -0.2) is 19.3 Å². The predicted molar refractivity (Wildman–Crippen MR) is 138 cm³/mol. The van der Waals surface area contributed by atoms with Gasteiger partial charge in [-0.05, 0) is 43.2 Å². The van der Waals surface area contributed by atoms with Crippen LogP contribution in [0.5, 0.6) is 0 Å². The van der Waals surface area contributed by atoms with Crippen LogP contribution >= 0.6 is 12.4 Å². The number of anilines is 3. The van der Waals surface area contributed by atoms with Gasteiger partial charge in [0.05, 0.1) is 16.8 Å². The topological polar surface area (TPSA) is 81.8 Å². The van der Waals surface area contributed by atoms with E-state index in [9.17, 15) is 4.39 Å². The number of benzene rings is 1. The van der Waals surface area contributed by atoms with Crippen molar-refractivity contribution in [2.24, 2.45) is 0 Å². The molecule has 5 rings (SSSR count). The van der Waals surface area contributed by atoms with Gasteiger partial charge in [0, 0.05) is 55.4 Å². The number of rotatable bonds is 5. The van der Waals surface area contributed by atoms with Crippen molar-refractivity contribution in [3.8, 4) is 11.4 Å². The number of hydrogen-bond donors (Lipinski definition) is 3. The number of hydrogen-bond acceptors (Lipinski definition) is 6. The van der Waals surface area contributed by atoms with E-state index in [2.05, 4.69) is 51.3 Å². The van der Waals surface area contributed by atoms with Crippen LogP contribution in [-0.2, 0) is 0 Å². The van der Waals surface area contributed by atoms with Gasteiger partial charge in [0.2, 0.25) is 0 Å².